The van der Waals surface area contributed by atoms with Gasteiger partial charge < -0.3 is 62.5 Å². The van der Waals surface area contributed by atoms with Crippen LogP contribution in [0.1, 0.15) is 18.6 Å². The van der Waals surface area contributed by atoms with Gasteiger partial charge in [0.25, 0.3) is 21.3 Å². The Balaban J connectivity index is 1.71. The van der Waals surface area contributed by atoms with E-state index in [9.17, 15) is 68.2 Å². The lowest BCUT2D eigenvalue weighted by Crippen LogP contribution is -2.66. The summed E-state index contributed by atoms with van der Waals surface area (Å²) in [7, 11) is -17.7. The molecule has 4 rings (SSSR count). The van der Waals surface area contributed by atoms with Gasteiger partial charge in [-0.1, -0.05) is 18.2 Å². The Hall–Kier alpha value is -2.84. The highest BCUT2D eigenvalue weighted by atomic mass is 31.2. The van der Waals surface area contributed by atoms with E-state index in [-0.39, 0.29) is 11.1 Å². The van der Waals surface area contributed by atoms with Crippen molar-refractivity contribution in [1.29, 1.82) is 0 Å². The Bertz CT molecular complexity index is 1740. The number of carbonyl (C=O) groups is 1. The van der Waals surface area contributed by atoms with Crippen molar-refractivity contribution in [1.82, 2.24) is 0 Å². The number of benzene rings is 2. The van der Waals surface area contributed by atoms with Crippen molar-refractivity contribution in [2.45, 2.75) is 49.7 Å². The molecule has 1 aliphatic rings. The molecule has 9 atom stereocenters. The fourth-order valence-electron chi connectivity index (χ4n) is 4.72. The second kappa shape index (κ2) is 12.7. The standard InChI is InChI=1S/C21H24NO20P3/c1-8(10-6-11-9-4-2-3-5-13(9)38-14(11)7-12(10)22(26)27)37-21(25)39-19-17(40-43(28,29)30)15(23)16(24)18(41-44(31,32)33)20(19)42-45(34,35)36/h2-8,15-20,23-24H,1H3,(H2,28,29,30)(H2,31,32,33)(H2,34,35,36)/p-2. The molecular formula is C21H22NO20P3-2. The minimum absolute atomic E-state index is 0.101. The second-order valence-electron chi connectivity index (χ2n) is 9.47. The zero-order valence-electron chi connectivity index (χ0n) is 22.2. The molecule has 1 aromatic heterocycles. The summed E-state index contributed by atoms with van der Waals surface area (Å²) in [5.74, 6) is 0. The Morgan fingerprint density at radius 1 is 0.867 bits per heavy atom. The van der Waals surface area contributed by atoms with Gasteiger partial charge >= 0.3 is 14.0 Å². The van der Waals surface area contributed by atoms with Crippen molar-refractivity contribution in [3.05, 3.63) is 52.1 Å². The van der Waals surface area contributed by atoms with E-state index in [0.29, 0.717) is 16.4 Å². The van der Waals surface area contributed by atoms with Gasteiger partial charge in [-0.2, -0.15) is 0 Å². The van der Waals surface area contributed by atoms with Crippen molar-refractivity contribution >= 4 is 57.2 Å². The van der Waals surface area contributed by atoms with Crippen LogP contribution in [0.15, 0.2) is 40.8 Å². The zero-order chi connectivity index (χ0) is 33.6. The number of aliphatic hydroxyl groups excluding tert-OH is 2. The first-order valence-electron chi connectivity index (χ1n) is 12.2. The van der Waals surface area contributed by atoms with Gasteiger partial charge in [0.05, 0.1) is 16.6 Å². The van der Waals surface area contributed by atoms with E-state index in [1.54, 1.807) is 24.3 Å². The number of fused-ring (bicyclic) bond motifs is 3. The molecule has 1 saturated carbocycles. The Labute approximate surface area is 249 Å². The zero-order valence-corrected chi connectivity index (χ0v) is 24.9. The van der Waals surface area contributed by atoms with Crippen LogP contribution in [0.3, 0.4) is 0 Å². The number of rotatable bonds is 10. The molecule has 45 heavy (non-hydrogen) atoms. The maximum Gasteiger partial charge on any atom is 0.509 e. The fourth-order valence-corrected chi connectivity index (χ4v) is 6.39. The number of hydrogen-bond donors (Lipinski definition) is 6. The number of phosphoric acid groups is 3. The molecule has 0 bridgehead atoms. The van der Waals surface area contributed by atoms with Gasteiger partial charge in [-0.3, -0.25) is 23.8 Å². The lowest BCUT2D eigenvalue weighted by molar-refractivity contribution is -0.386. The fraction of sp³-hybridized carbons (Fsp3) is 0.381. The molecule has 24 heteroatoms. The monoisotopic (exact) mass is 701 g/mol. The summed E-state index contributed by atoms with van der Waals surface area (Å²) in [6.07, 6.45) is -19.7. The topological polar surface area (TPSA) is 338 Å². The van der Waals surface area contributed by atoms with Crippen molar-refractivity contribution in [3.63, 3.8) is 0 Å². The van der Waals surface area contributed by atoms with Crippen LogP contribution < -0.4 is 9.79 Å². The van der Waals surface area contributed by atoms with Gasteiger partial charge in [0.1, 0.15) is 47.8 Å². The van der Waals surface area contributed by atoms with Crippen LogP contribution in [0.2, 0.25) is 0 Å². The highest BCUT2D eigenvalue weighted by Gasteiger charge is 2.57. The van der Waals surface area contributed by atoms with E-state index in [2.05, 4.69) is 13.6 Å². The smallest absolute Gasteiger partial charge is 0.509 e. The molecule has 0 aliphatic heterocycles. The van der Waals surface area contributed by atoms with Crippen LogP contribution in [0.4, 0.5) is 10.5 Å². The average Bonchev–Trinajstić information content (AvgIpc) is 3.26. The number of phosphoric ester groups is 3. The lowest BCUT2D eigenvalue weighted by atomic mass is 9.85. The van der Waals surface area contributed by atoms with Gasteiger partial charge in [0, 0.05) is 10.8 Å². The predicted molar refractivity (Wildman–Crippen MR) is 138 cm³/mol. The number of carbonyl (C=O) groups excluding carboxylic acids is 1. The third-order valence-corrected chi connectivity index (χ3v) is 7.97. The van der Waals surface area contributed by atoms with E-state index in [4.69, 9.17) is 13.9 Å². The number of nitrogens with zero attached hydrogens (tertiary/aromatic N) is 1. The molecular weight excluding hydrogens is 679 g/mol. The largest absolute Gasteiger partial charge is 0.756 e. The van der Waals surface area contributed by atoms with Crippen molar-refractivity contribution < 1.29 is 90.4 Å². The Morgan fingerprint density at radius 2 is 1.42 bits per heavy atom. The highest BCUT2D eigenvalue weighted by Crippen LogP contribution is 2.48. The van der Waals surface area contributed by atoms with Crippen LogP contribution >= 0.6 is 23.5 Å². The minimum atomic E-state index is -6.03. The van der Waals surface area contributed by atoms with Crippen LogP contribution in [0.25, 0.3) is 21.9 Å². The van der Waals surface area contributed by atoms with Crippen LogP contribution in [0.5, 0.6) is 0 Å². The van der Waals surface area contributed by atoms with Gasteiger partial charge in [-0.25, -0.2) is 9.36 Å². The number of ether oxygens (including phenoxy) is 2. The summed E-state index contributed by atoms with van der Waals surface area (Å²) >= 11 is 0. The van der Waals surface area contributed by atoms with Crippen LogP contribution in [-0.2, 0) is 36.7 Å². The maximum absolute atomic E-state index is 12.9. The van der Waals surface area contributed by atoms with Gasteiger partial charge in [0.15, 0.2) is 6.10 Å². The molecule has 0 saturated heterocycles. The normalized spacial score (nSPS) is 27.4. The molecule has 6 N–H and O–H groups in total. The van der Waals surface area contributed by atoms with E-state index >= 15 is 0 Å². The first-order valence-corrected chi connectivity index (χ1v) is 16.7. The number of nitro benzene ring substituents is 1. The molecule has 0 spiro atoms. The highest BCUT2D eigenvalue weighted by molar-refractivity contribution is 7.46. The van der Waals surface area contributed by atoms with Crippen molar-refractivity contribution in [2.75, 3.05) is 0 Å². The van der Waals surface area contributed by atoms with E-state index in [0.717, 1.165) is 13.0 Å². The molecule has 1 aliphatic carbocycles. The molecule has 248 valence electrons. The third kappa shape index (κ3) is 8.31. The molecule has 2 aromatic carbocycles. The maximum atomic E-state index is 12.9. The third-order valence-electron chi connectivity index (χ3n) is 6.43. The Morgan fingerprint density at radius 3 is 1.98 bits per heavy atom. The van der Waals surface area contributed by atoms with Crippen LogP contribution in [0, 0.1) is 10.1 Å². The van der Waals surface area contributed by atoms with E-state index in [1.807, 2.05) is 0 Å². The number of aliphatic hydroxyl groups is 2. The average molecular weight is 701 g/mol. The number of furan rings is 1. The Kier molecular flexibility index (Phi) is 9.92. The van der Waals surface area contributed by atoms with Gasteiger partial charge in [0.2, 0.25) is 0 Å². The van der Waals surface area contributed by atoms with Gasteiger partial charge in [-0.05, 0) is 19.1 Å². The summed E-state index contributed by atoms with van der Waals surface area (Å²) in [5, 5.41) is 33.5. The summed E-state index contributed by atoms with van der Waals surface area (Å²) in [6.45, 7) is 1.12. The second-order valence-corrected chi connectivity index (χ2v) is 13.0. The summed E-state index contributed by atoms with van der Waals surface area (Å²) in [4.78, 5) is 83.9. The van der Waals surface area contributed by atoms with E-state index in [1.165, 1.54) is 6.07 Å². The molecule has 1 heterocycles. The van der Waals surface area contributed by atoms with Gasteiger partial charge in [-0.15, -0.1) is 0 Å². The predicted octanol–water partition coefficient (Wildman–Crippen LogP) is -0.0179. The molecule has 3 aromatic rings. The first-order chi connectivity index (χ1) is 20.6. The van der Waals surface area contributed by atoms with E-state index < -0.39 is 83.0 Å². The molecule has 0 amide bonds. The first kappa shape index (κ1) is 35.0. The molecule has 21 nitrogen and oxygen atoms in total. The van der Waals surface area contributed by atoms with Crippen molar-refractivity contribution in [3.8, 4) is 0 Å². The number of para-hydroxylation sites is 1. The summed E-state index contributed by atoms with van der Waals surface area (Å²) < 4.78 is 62.8. The molecule has 1 fully saturated rings. The summed E-state index contributed by atoms with van der Waals surface area (Å²) in [5.41, 5.74) is -0.370. The van der Waals surface area contributed by atoms with Crippen molar-refractivity contribution in [2.24, 2.45) is 0 Å². The molecule has 0 radical (unpaired) electrons. The number of nitro groups is 1. The molecule has 9 unspecified atom stereocenters. The minimum Gasteiger partial charge on any atom is -0.756 e. The summed E-state index contributed by atoms with van der Waals surface area (Å²) in [6, 6.07) is 8.85. The van der Waals surface area contributed by atoms with Crippen LogP contribution in [-0.4, -0.2) is 77.5 Å². The lowest BCUT2D eigenvalue weighted by Gasteiger charge is -2.47. The SMILES string of the molecule is CC(OC(=O)OC1C(OP(=O)([O-])O)C(O)C(O)C(OP(=O)(O)O)C1OP(=O)([O-])O)c1cc2c(cc1[N+](=O)[O-])oc1ccccc12. The number of hydrogen-bond acceptors (Lipinski definition) is 16. The quantitative estimate of drug-likeness (QED) is 0.0700.